The highest BCUT2D eigenvalue weighted by Crippen LogP contribution is 2.25. The summed E-state index contributed by atoms with van der Waals surface area (Å²) >= 11 is 6.87. The summed E-state index contributed by atoms with van der Waals surface area (Å²) in [6.07, 6.45) is 5.92. The quantitative estimate of drug-likeness (QED) is 0.850. The van der Waals surface area contributed by atoms with E-state index in [1.54, 1.807) is 0 Å². The molecule has 0 N–H and O–H groups in total. The van der Waals surface area contributed by atoms with E-state index in [0.717, 1.165) is 30.7 Å². The van der Waals surface area contributed by atoms with E-state index in [1.165, 1.54) is 19.3 Å². The lowest BCUT2D eigenvalue weighted by molar-refractivity contribution is 0.0646. The predicted molar refractivity (Wildman–Crippen MR) is 68.5 cm³/mol. The minimum Gasteiger partial charge on any atom is -0.334 e. The lowest BCUT2D eigenvalue weighted by atomic mass is 9.94. The molecule has 17 heavy (non-hydrogen) atoms. The van der Waals surface area contributed by atoms with E-state index in [4.69, 9.17) is 11.6 Å². The maximum Gasteiger partial charge on any atom is 0.285 e. The molecule has 1 aliphatic rings. The highest BCUT2D eigenvalue weighted by molar-refractivity contribution is 7.17. The van der Waals surface area contributed by atoms with E-state index in [-0.39, 0.29) is 5.91 Å². The van der Waals surface area contributed by atoms with E-state index in [9.17, 15) is 4.79 Å². The van der Waals surface area contributed by atoms with Crippen molar-refractivity contribution in [2.24, 2.45) is 0 Å². The van der Waals surface area contributed by atoms with Crippen LogP contribution in [0.15, 0.2) is 0 Å². The highest BCUT2D eigenvalue weighted by Gasteiger charge is 2.27. The molecule has 0 radical (unpaired) electrons. The molecule has 0 spiro atoms. The number of halogens is 1. The Morgan fingerprint density at radius 3 is 2.65 bits per heavy atom. The van der Waals surface area contributed by atoms with Crippen molar-refractivity contribution in [1.82, 2.24) is 15.1 Å². The van der Waals surface area contributed by atoms with Gasteiger partial charge in [-0.1, -0.05) is 30.6 Å². The highest BCUT2D eigenvalue weighted by atomic mass is 35.5. The first-order chi connectivity index (χ1) is 8.22. The summed E-state index contributed by atoms with van der Waals surface area (Å²) in [6.45, 7) is 2.73. The van der Waals surface area contributed by atoms with Crippen molar-refractivity contribution in [3.63, 3.8) is 0 Å². The van der Waals surface area contributed by atoms with Gasteiger partial charge >= 0.3 is 0 Å². The molecule has 0 aromatic carbocycles. The molecule has 1 aromatic rings. The molecule has 0 atom stereocenters. The first-order valence-electron chi connectivity index (χ1n) is 6.02. The molecular weight excluding hydrogens is 258 g/mol. The number of amides is 1. The van der Waals surface area contributed by atoms with Gasteiger partial charge in [0.15, 0.2) is 0 Å². The van der Waals surface area contributed by atoms with Crippen LogP contribution >= 0.6 is 22.9 Å². The molecule has 94 valence electrons. The van der Waals surface area contributed by atoms with Gasteiger partial charge in [0.05, 0.1) is 0 Å². The Labute approximate surface area is 110 Å². The zero-order valence-electron chi connectivity index (χ0n) is 9.86. The third-order valence-electron chi connectivity index (χ3n) is 3.20. The van der Waals surface area contributed by atoms with Crippen molar-refractivity contribution in [1.29, 1.82) is 0 Å². The first-order valence-corrected chi connectivity index (χ1v) is 7.21. The lowest BCUT2D eigenvalue weighted by Crippen LogP contribution is -2.41. The van der Waals surface area contributed by atoms with Gasteiger partial charge in [0, 0.05) is 12.6 Å². The summed E-state index contributed by atoms with van der Waals surface area (Å²) in [5.74, 6) is -0.0243. The van der Waals surface area contributed by atoms with Crippen LogP contribution in [0.25, 0.3) is 0 Å². The topological polar surface area (TPSA) is 46.1 Å². The van der Waals surface area contributed by atoms with Gasteiger partial charge in [-0.3, -0.25) is 4.79 Å². The minimum atomic E-state index is -0.0243. The number of hydrogen-bond donors (Lipinski definition) is 0. The number of carbonyl (C=O) groups is 1. The molecule has 0 aliphatic heterocycles. The van der Waals surface area contributed by atoms with Gasteiger partial charge in [0.2, 0.25) is 9.47 Å². The molecule has 1 aromatic heterocycles. The second-order valence-electron chi connectivity index (χ2n) is 4.24. The monoisotopic (exact) mass is 273 g/mol. The van der Waals surface area contributed by atoms with E-state index in [2.05, 4.69) is 10.2 Å². The Bertz CT molecular complexity index is 390. The van der Waals surface area contributed by atoms with Gasteiger partial charge in [0.1, 0.15) is 0 Å². The second kappa shape index (κ2) is 5.78. The van der Waals surface area contributed by atoms with Crippen molar-refractivity contribution < 1.29 is 4.79 Å². The predicted octanol–water partition coefficient (Wildman–Crippen LogP) is 2.99. The van der Waals surface area contributed by atoms with E-state index < -0.39 is 0 Å². The molecule has 2 rings (SSSR count). The van der Waals surface area contributed by atoms with Crippen LogP contribution < -0.4 is 0 Å². The van der Waals surface area contributed by atoms with Crippen LogP contribution in [0.5, 0.6) is 0 Å². The molecule has 1 saturated carbocycles. The summed E-state index contributed by atoms with van der Waals surface area (Å²) in [4.78, 5) is 14.2. The molecule has 1 heterocycles. The Hall–Kier alpha value is -0.680. The number of carbonyl (C=O) groups excluding carboxylic acids is 1. The molecular formula is C11H16ClN3OS. The molecule has 1 fully saturated rings. The van der Waals surface area contributed by atoms with Crippen molar-refractivity contribution >= 4 is 28.8 Å². The fourth-order valence-electron chi connectivity index (χ4n) is 2.37. The van der Waals surface area contributed by atoms with Gasteiger partial charge < -0.3 is 4.90 Å². The average Bonchev–Trinajstić information content (AvgIpc) is 2.78. The Morgan fingerprint density at radius 1 is 1.41 bits per heavy atom. The summed E-state index contributed by atoms with van der Waals surface area (Å²) in [5.41, 5.74) is 0. The maximum atomic E-state index is 12.3. The molecule has 1 aliphatic carbocycles. The molecule has 0 bridgehead atoms. The van der Waals surface area contributed by atoms with Gasteiger partial charge in [-0.05, 0) is 31.4 Å². The second-order valence-corrected chi connectivity index (χ2v) is 5.80. The average molecular weight is 274 g/mol. The molecule has 0 saturated heterocycles. The fraction of sp³-hybridized carbons (Fsp3) is 0.727. The smallest absolute Gasteiger partial charge is 0.285 e. The standard InChI is InChI=1S/C11H16ClN3OS/c1-2-15(8-6-4-3-5-7-8)10(16)9-13-14-11(12)17-9/h8H,2-7H2,1H3. The zero-order valence-corrected chi connectivity index (χ0v) is 11.4. The summed E-state index contributed by atoms with van der Waals surface area (Å²) in [5, 5.41) is 7.92. The van der Waals surface area contributed by atoms with Crippen molar-refractivity contribution in [3.8, 4) is 0 Å². The van der Waals surface area contributed by atoms with E-state index in [0.29, 0.717) is 15.5 Å². The number of hydrogen-bond acceptors (Lipinski definition) is 4. The van der Waals surface area contributed by atoms with Crippen LogP contribution in [-0.2, 0) is 0 Å². The van der Waals surface area contributed by atoms with Crippen molar-refractivity contribution in [2.45, 2.75) is 45.1 Å². The third-order valence-corrected chi connectivity index (χ3v) is 4.21. The Kier molecular flexibility index (Phi) is 4.34. The van der Waals surface area contributed by atoms with Crippen LogP contribution in [0, 0.1) is 0 Å². The number of aromatic nitrogens is 2. The molecule has 4 nitrogen and oxygen atoms in total. The largest absolute Gasteiger partial charge is 0.334 e. The lowest BCUT2D eigenvalue weighted by Gasteiger charge is -2.32. The first kappa shape index (κ1) is 12.8. The molecule has 0 unspecified atom stereocenters. The summed E-state index contributed by atoms with van der Waals surface area (Å²) in [7, 11) is 0. The SMILES string of the molecule is CCN(C(=O)c1nnc(Cl)s1)C1CCCCC1. The normalized spacial score (nSPS) is 17.1. The zero-order chi connectivity index (χ0) is 12.3. The van der Waals surface area contributed by atoms with Crippen LogP contribution in [0.3, 0.4) is 0 Å². The van der Waals surface area contributed by atoms with Gasteiger partial charge in [-0.15, -0.1) is 10.2 Å². The molecule has 6 heteroatoms. The van der Waals surface area contributed by atoms with E-state index >= 15 is 0 Å². The van der Waals surface area contributed by atoms with Crippen molar-refractivity contribution in [2.75, 3.05) is 6.54 Å². The van der Waals surface area contributed by atoms with Crippen LogP contribution in [0.1, 0.15) is 48.8 Å². The number of nitrogens with zero attached hydrogens (tertiary/aromatic N) is 3. The number of rotatable bonds is 3. The van der Waals surface area contributed by atoms with Crippen LogP contribution in [-0.4, -0.2) is 33.6 Å². The third kappa shape index (κ3) is 2.96. The summed E-state index contributed by atoms with van der Waals surface area (Å²) < 4.78 is 0.327. The van der Waals surface area contributed by atoms with E-state index in [1.807, 2.05) is 11.8 Å². The van der Waals surface area contributed by atoms with Crippen molar-refractivity contribution in [3.05, 3.63) is 9.47 Å². The van der Waals surface area contributed by atoms with Crippen LogP contribution in [0.4, 0.5) is 0 Å². The molecule has 1 amide bonds. The fourth-order valence-corrected chi connectivity index (χ4v) is 3.16. The maximum absolute atomic E-state index is 12.3. The Morgan fingerprint density at radius 2 is 2.12 bits per heavy atom. The van der Waals surface area contributed by atoms with Gasteiger partial charge in [0.25, 0.3) is 5.91 Å². The summed E-state index contributed by atoms with van der Waals surface area (Å²) in [6, 6.07) is 0.365. The Balaban J connectivity index is 2.09. The van der Waals surface area contributed by atoms with Gasteiger partial charge in [-0.25, -0.2) is 0 Å². The van der Waals surface area contributed by atoms with Crippen LogP contribution in [0.2, 0.25) is 4.47 Å². The van der Waals surface area contributed by atoms with Gasteiger partial charge in [-0.2, -0.15) is 0 Å². The minimum absolute atomic E-state index is 0.0243.